The van der Waals surface area contributed by atoms with Gasteiger partial charge in [0, 0.05) is 42.1 Å². The molecule has 0 N–H and O–H groups in total. The molecule has 1 aliphatic rings. The molecule has 0 spiro atoms. The van der Waals surface area contributed by atoms with Gasteiger partial charge >= 0.3 is 59.1 Å². The molecular weight excluding hydrogens is 759 g/mol. The minimum Gasteiger partial charge on any atom is -0.744 e. The normalized spacial score (nSPS) is 13.1. The van der Waals surface area contributed by atoms with E-state index < -0.39 is 31.6 Å². The average Bonchev–Trinajstić information content (AvgIpc) is 3.10. The fourth-order valence-electron chi connectivity index (χ4n) is 5.83. The summed E-state index contributed by atoms with van der Waals surface area (Å²) in [5.41, 5.74) is 5.20. The Balaban J connectivity index is 0.00000378. The van der Waals surface area contributed by atoms with Crippen LogP contribution >= 0.6 is 0 Å². The first kappa shape index (κ1) is 44.7. The van der Waals surface area contributed by atoms with Crippen molar-refractivity contribution in [2.24, 2.45) is 0 Å². The second-order valence-corrected chi connectivity index (χ2v) is 14.8. The first-order valence-corrected chi connectivity index (χ1v) is 19.6. The molecule has 11 nitrogen and oxygen atoms in total. The maximum absolute atomic E-state index is 12.4. The third kappa shape index (κ3) is 11.9. The summed E-state index contributed by atoms with van der Waals surface area (Å²) >= 11 is -2.69. The molecule has 5 rings (SSSR count). The fraction of sp³-hybridized carbons (Fsp3) is 0.162. The summed E-state index contributed by atoms with van der Waals surface area (Å²) < 4.78 is 101. The Bertz CT molecular complexity index is 2290. The van der Waals surface area contributed by atoms with Gasteiger partial charge in [0.1, 0.15) is 43.9 Å². The van der Waals surface area contributed by atoms with E-state index in [4.69, 9.17) is 4.18 Å². The molecule has 16 heteroatoms. The molecule has 0 saturated carbocycles. The molecule has 1 unspecified atom stereocenters. The minimum absolute atomic E-state index is 0. The summed E-state index contributed by atoms with van der Waals surface area (Å²) in [5, 5.41) is 0. The Hall–Kier alpha value is -2.70. The van der Waals surface area contributed by atoms with E-state index in [2.05, 4.69) is 4.90 Å². The third-order valence-electron chi connectivity index (χ3n) is 8.23. The van der Waals surface area contributed by atoms with Gasteiger partial charge in [0.25, 0.3) is 0 Å². The predicted molar refractivity (Wildman–Crippen MR) is 192 cm³/mol. The summed E-state index contributed by atoms with van der Waals surface area (Å²) in [4.78, 5) is 1.42. The minimum atomic E-state index is -4.84. The summed E-state index contributed by atoms with van der Waals surface area (Å²) in [7, 11) is -9.45. The molecular formula is C37H34N2Na2O9S3. The molecule has 266 valence electrons. The smallest absolute Gasteiger partial charge is 0.744 e. The van der Waals surface area contributed by atoms with E-state index in [1.807, 2.05) is 73.1 Å². The van der Waals surface area contributed by atoms with Crippen LogP contribution in [0.4, 0.5) is 5.69 Å². The van der Waals surface area contributed by atoms with Gasteiger partial charge in [-0.1, -0.05) is 54.6 Å². The first-order valence-electron chi connectivity index (χ1n) is 15.8. The van der Waals surface area contributed by atoms with Gasteiger partial charge in [-0.05, 0) is 90.7 Å². The largest absolute Gasteiger partial charge is 1.00 e. The summed E-state index contributed by atoms with van der Waals surface area (Å²) in [6.07, 6.45) is 7.37. The molecule has 0 radical (unpaired) electrons. The number of rotatable bonds is 13. The van der Waals surface area contributed by atoms with Crippen LogP contribution in [0.2, 0.25) is 0 Å². The number of benzene rings is 4. The van der Waals surface area contributed by atoms with Gasteiger partial charge < -0.3 is 22.7 Å². The Morgan fingerprint density at radius 1 is 0.774 bits per heavy atom. The van der Waals surface area contributed by atoms with E-state index in [1.54, 1.807) is 36.4 Å². The van der Waals surface area contributed by atoms with E-state index in [-0.39, 0.29) is 80.2 Å². The van der Waals surface area contributed by atoms with Crippen molar-refractivity contribution in [1.29, 1.82) is 0 Å². The van der Waals surface area contributed by atoms with Gasteiger partial charge in [0.2, 0.25) is 0 Å². The number of allylic oxidation sites excluding steroid dienone is 5. The van der Waals surface area contributed by atoms with Crippen LogP contribution in [0.1, 0.15) is 36.1 Å². The van der Waals surface area contributed by atoms with Crippen LogP contribution in [0.3, 0.4) is 0 Å². The van der Waals surface area contributed by atoms with Crippen molar-refractivity contribution < 1.29 is 103 Å². The second kappa shape index (κ2) is 19.8. The van der Waals surface area contributed by atoms with Crippen molar-refractivity contribution in [3.63, 3.8) is 0 Å². The third-order valence-corrected chi connectivity index (χ3v) is 10.3. The molecule has 1 aliphatic carbocycles. The number of hydrogen-bond donors (Lipinski definition) is 0. The first-order chi connectivity index (χ1) is 24.3. The predicted octanol–water partition coefficient (Wildman–Crippen LogP) is -0.696. The molecule has 4 aromatic rings. The van der Waals surface area contributed by atoms with Crippen molar-refractivity contribution in [3.8, 4) is 5.75 Å². The number of nitrogens with zero attached hydrogens (tertiary/aromatic N) is 2. The van der Waals surface area contributed by atoms with Gasteiger partial charge in [0.05, 0.1) is 9.79 Å². The van der Waals surface area contributed by atoms with Crippen molar-refractivity contribution in [1.82, 2.24) is 0 Å². The van der Waals surface area contributed by atoms with E-state index in [0.717, 1.165) is 17.0 Å². The van der Waals surface area contributed by atoms with E-state index in [9.17, 15) is 34.7 Å². The molecule has 0 amide bonds. The Kier molecular flexibility index (Phi) is 16.7. The van der Waals surface area contributed by atoms with Crippen molar-refractivity contribution >= 4 is 48.6 Å². The Morgan fingerprint density at radius 2 is 1.42 bits per heavy atom. The van der Waals surface area contributed by atoms with Gasteiger partial charge in [0.15, 0.2) is 12.3 Å². The molecule has 53 heavy (non-hydrogen) atoms. The monoisotopic (exact) mass is 792 g/mol. The van der Waals surface area contributed by atoms with Crippen LogP contribution in [0.5, 0.6) is 5.75 Å². The van der Waals surface area contributed by atoms with Crippen LogP contribution < -0.4 is 68.2 Å². The topological polar surface area (TPSA) is 170 Å². The quantitative estimate of drug-likeness (QED) is 0.0731. The molecule has 0 aliphatic heterocycles. The molecule has 0 bridgehead atoms. The molecule has 1 atom stereocenters. The summed E-state index contributed by atoms with van der Waals surface area (Å²) in [6, 6.07) is 26.2. The van der Waals surface area contributed by atoms with Gasteiger partial charge in [-0.15, -0.1) is 0 Å². The average molecular weight is 793 g/mol. The maximum atomic E-state index is 12.4. The van der Waals surface area contributed by atoms with Crippen molar-refractivity contribution in [3.05, 3.63) is 149 Å². The van der Waals surface area contributed by atoms with Crippen LogP contribution in [0, 0.1) is 0 Å². The van der Waals surface area contributed by atoms with E-state index >= 15 is 0 Å². The zero-order chi connectivity index (χ0) is 36.8. The Labute approximate surface area is 357 Å². The molecule has 0 saturated heterocycles. The van der Waals surface area contributed by atoms with E-state index in [0.29, 0.717) is 48.5 Å². The molecule has 0 heterocycles. The van der Waals surface area contributed by atoms with Gasteiger partial charge in [-0.25, -0.2) is 25.6 Å². The number of hydrogen-bond acceptors (Lipinski definition) is 10. The SMILES string of the molecule is CCN(Cc1cccc(OS(=O)[O-])c1)c1ccc(C(=C2C=CC(=[N+](CC)Cc3cccc(S(=O)(=O)[O-])c3)C=C2)c2ccccc2S(=O)(=O)[O-])cc1.[Na+].[Na+]. The Morgan fingerprint density at radius 3 is 2.02 bits per heavy atom. The fourth-order valence-corrected chi connectivity index (χ4v) is 7.32. The molecule has 0 fully saturated rings. The van der Waals surface area contributed by atoms with Crippen molar-refractivity contribution in [2.75, 3.05) is 18.0 Å². The molecule has 0 aromatic heterocycles. The van der Waals surface area contributed by atoms with Crippen LogP contribution in [0.25, 0.3) is 5.57 Å². The summed E-state index contributed by atoms with van der Waals surface area (Å²) in [5.74, 6) is 0.204. The maximum Gasteiger partial charge on any atom is 1.00 e. The standard InChI is InChI=1S/C37H36N2O9S3.2Na/c1-3-38(25-27-9-7-11-33(23-27)48-49(40)41)31-19-15-29(16-20-31)37(35-13-5-6-14-36(35)51(45,46)47)30-17-21-32(22-18-30)39(4-2)26-28-10-8-12-34(24-28)50(42,43)44;;/h5-24H,3-4,25-26H2,1-2H3,(H2-,40,41,42,43,44,45,46,47);;/q;2*+1/p-2. The van der Waals surface area contributed by atoms with Crippen molar-refractivity contribution in [2.45, 2.75) is 36.7 Å². The van der Waals surface area contributed by atoms with Gasteiger partial charge in [-0.3, -0.25) is 0 Å². The zero-order valence-electron chi connectivity index (χ0n) is 29.7. The zero-order valence-corrected chi connectivity index (χ0v) is 36.1. The van der Waals surface area contributed by atoms with Crippen LogP contribution in [-0.4, -0.2) is 58.1 Å². The van der Waals surface area contributed by atoms with Gasteiger partial charge in [-0.2, -0.15) is 0 Å². The van der Waals surface area contributed by atoms with E-state index in [1.165, 1.54) is 30.3 Å². The van der Waals surface area contributed by atoms with Crippen LogP contribution in [-0.2, 0) is 44.7 Å². The molecule has 4 aromatic carbocycles. The summed E-state index contributed by atoms with van der Waals surface area (Å²) in [6.45, 7) is 5.90. The van der Waals surface area contributed by atoms with Crippen LogP contribution in [0.15, 0.2) is 137 Å². The second-order valence-electron chi connectivity index (χ2n) is 11.5. The number of anilines is 1.